The second kappa shape index (κ2) is 8.82. The van der Waals surface area contributed by atoms with Gasteiger partial charge in [-0.3, -0.25) is 4.79 Å². The molecule has 1 heterocycles. The molecule has 3 rings (SSSR count). The number of carbonyl (C=O) groups excluding carboxylic acids is 1. The summed E-state index contributed by atoms with van der Waals surface area (Å²) in [7, 11) is 0. The average molecular weight is 378 g/mol. The van der Waals surface area contributed by atoms with Crippen LogP contribution in [0.2, 0.25) is 0 Å². The first kappa shape index (κ1) is 19.1. The highest BCUT2D eigenvalue weighted by atomic mass is 32.2. The van der Waals surface area contributed by atoms with Crippen molar-refractivity contribution in [2.24, 2.45) is 0 Å². The number of anilines is 1. The molecule has 5 heteroatoms. The van der Waals surface area contributed by atoms with Crippen LogP contribution in [0.5, 0.6) is 0 Å². The second-order valence-electron chi connectivity index (χ2n) is 6.38. The number of aromatic nitrogens is 2. The lowest BCUT2D eigenvalue weighted by Crippen LogP contribution is -2.24. The molecule has 3 aromatic rings. The lowest BCUT2D eigenvalue weighted by atomic mass is 10.1. The highest BCUT2D eigenvalue weighted by molar-refractivity contribution is 8.00. The van der Waals surface area contributed by atoms with E-state index in [4.69, 9.17) is 0 Å². The van der Waals surface area contributed by atoms with E-state index in [2.05, 4.69) is 15.3 Å². The second-order valence-corrected chi connectivity index (χ2v) is 7.60. The van der Waals surface area contributed by atoms with Crippen molar-refractivity contribution in [3.05, 3.63) is 72.1 Å². The lowest BCUT2D eigenvalue weighted by Gasteiger charge is -2.15. The third-order valence-corrected chi connectivity index (χ3v) is 5.38. The molecular formula is C22H23N3OS. The zero-order valence-electron chi connectivity index (χ0n) is 15.8. The minimum atomic E-state index is -0.219. The van der Waals surface area contributed by atoms with Crippen LogP contribution in [0, 0.1) is 13.8 Å². The Morgan fingerprint density at radius 2 is 1.81 bits per heavy atom. The fourth-order valence-corrected chi connectivity index (χ4v) is 3.76. The number of carbonyl (C=O) groups is 1. The number of amides is 1. The fraction of sp³-hybridized carbons (Fsp3) is 0.227. The van der Waals surface area contributed by atoms with E-state index in [0.717, 1.165) is 27.5 Å². The highest BCUT2D eigenvalue weighted by Crippen LogP contribution is 2.28. The molecule has 1 N–H and O–H groups in total. The largest absolute Gasteiger partial charge is 0.325 e. The molecule has 0 fully saturated rings. The minimum Gasteiger partial charge on any atom is -0.325 e. The van der Waals surface area contributed by atoms with Crippen molar-refractivity contribution in [1.29, 1.82) is 0 Å². The van der Waals surface area contributed by atoms with E-state index in [1.807, 2.05) is 81.4 Å². The Morgan fingerprint density at radius 1 is 1.04 bits per heavy atom. The Bertz CT molecular complexity index is 928. The molecule has 0 bridgehead atoms. The van der Waals surface area contributed by atoms with Crippen molar-refractivity contribution < 1.29 is 4.79 Å². The van der Waals surface area contributed by atoms with E-state index in [1.54, 1.807) is 0 Å². The van der Waals surface area contributed by atoms with E-state index in [-0.39, 0.29) is 11.2 Å². The molecule has 0 radical (unpaired) electrons. The summed E-state index contributed by atoms with van der Waals surface area (Å²) in [6.07, 6.45) is 0.714. The maximum Gasteiger partial charge on any atom is 0.237 e. The van der Waals surface area contributed by atoms with Crippen LogP contribution in [0.3, 0.4) is 0 Å². The topological polar surface area (TPSA) is 54.9 Å². The predicted molar refractivity (Wildman–Crippen MR) is 112 cm³/mol. The summed E-state index contributed by atoms with van der Waals surface area (Å²) in [5, 5.41) is 3.61. The lowest BCUT2D eigenvalue weighted by molar-refractivity contribution is -0.115. The van der Waals surface area contributed by atoms with E-state index in [1.165, 1.54) is 11.8 Å². The SMILES string of the molecule is CCC(Sc1cc(-c2ccccc2)nc(C)n1)C(=O)Nc1cccc(C)c1. The van der Waals surface area contributed by atoms with E-state index >= 15 is 0 Å². The van der Waals surface area contributed by atoms with Gasteiger partial charge in [-0.25, -0.2) is 9.97 Å². The molecule has 0 saturated heterocycles. The van der Waals surface area contributed by atoms with Crippen LogP contribution in [0.4, 0.5) is 5.69 Å². The minimum absolute atomic E-state index is 0.00868. The van der Waals surface area contributed by atoms with Crippen LogP contribution in [0.1, 0.15) is 24.7 Å². The summed E-state index contributed by atoms with van der Waals surface area (Å²) in [6, 6.07) is 19.8. The monoisotopic (exact) mass is 377 g/mol. The van der Waals surface area contributed by atoms with Crippen LogP contribution in [-0.2, 0) is 4.79 Å². The standard InChI is InChI=1S/C22H23N3OS/c1-4-20(22(26)25-18-12-8-9-15(2)13-18)27-21-14-19(23-16(3)24-21)17-10-6-5-7-11-17/h5-14,20H,4H2,1-3H3,(H,25,26). The van der Waals surface area contributed by atoms with Gasteiger partial charge in [0.15, 0.2) is 0 Å². The first-order valence-corrected chi connectivity index (χ1v) is 9.88. The Labute approximate surface area is 164 Å². The van der Waals surface area contributed by atoms with Gasteiger partial charge in [0.05, 0.1) is 10.9 Å². The van der Waals surface area contributed by atoms with Crippen molar-refractivity contribution in [2.45, 2.75) is 37.5 Å². The van der Waals surface area contributed by atoms with Crippen LogP contribution in [0.15, 0.2) is 65.7 Å². The maximum absolute atomic E-state index is 12.7. The number of rotatable bonds is 6. The summed E-state index contributed by atoms with van der Waals surface area (Å²) in [5.74, 6) is 0.693. The van der Waals surface area contributed by atoms with Crippen molar-refractivity contribution in [3.63, 3.8) is 0 Å². The number of hydrogen-bond acceptors (Lipinski definition) is 4. The van der Waals surface area contributed by atoms with Gasteiger partial charge in [-0.05, 0) is 44.0 Å². The fourth-order valence-electron chi connectivity index (χ4n) is 2.77. The first-order chi connectivity index (χ1) is 13.0. The Morgan fingerprint density at radius 3 is 2.52 bits per heavy atom. The molecular weight excluding hydrogens is 354 g/mol. The molecule has 0 aliphatic rings. The normalized spacial score (nSPS) is 11.8. The number of thioether (sulfide) groups is 1. The van der Waals surface area contributed by atoms with Gasteiger partial charge in [0.2, 0.25) is 5.91 Å². The molecule has 1 atom stereocenters. The molecule has 0 spiro atoms. The Kier molecular flexibility index (Phi) is 6.24. The van der Waals surface area contributed by atoms with Crippen molar-refractivity contribution >= 4 is 23.4 Å². The molecule has 1 amide bonds. The van der Waals surface area contributed by atoms with Gasteiger partial charge in [0, 0.05) is 11.3 Å². The number of nitrogens with zero attached hydrogens (tertiary/aromatic N) is 2. The molecule has 1 aromatic heterocycles. The Hall–Kier alpha value is -2.66. The van der Waals surface area contributed by atoms with E-state index in [0.29, 0.717) is 12.2 Å². The summed E-state index contributed by atoms with van der Waals surface area (Å²) >= 11 is 1.48. The van der Waals surface area contributed by atoms with Gasteiger partial charge in [0.25, 0.3) is 0 Å². The molecule has 2 aromatic carbocycles. The summed E-state index contributed by atoms with van der Waals surface area (Å²) in [6.45, 7) is 5.90. The molecule has 1 unspecified atom stereocenters. The van der Waals surface area contributed by atoms with E-state index < -0.39 is 0 Å². The number of benzene rings is 2. The first-order valence-electron chi connectivity index (χ1n) is 9.00. The van der Waals surface area contributed by atoms with Gasteiger partial charge >= 0.3 is 0 Å². The third-order valence-electron chi connectivity index (χ3n) is 4.10. The van der Waals surface area contributed by atoms with Crippen LogP contribution < -0.4 is 5.32 Å². The summed E-state index contributed by atoms with van der Waals surface area (Å²) < 4.78 is 0. The molecule has 138 valence electrons. The quantitative estimate of drug-likeness (QED) is 0.470. The van der Waals surface area contributed by atoms with Crippen molar-refractivity contribution in [3.8, 4) is 11.3 Å². The molecule has 27 heavy (non-hydrogen) atoms. The average Bonchev–Trinajstić information content (AvgIpc) is 2.66. The third kappa shape index (κ3) is 5.17. The zero-order chi connectivity index (χ0) is 19.2. The smallest absolute Gasteiger partial charge is 0.237 e. The number of nitrogens with one attached hydrogen (secondary N) is 1. The molecule has 0 saturated carbocycles. The van der Waals surface area contributed by atoms with Crippen LogP contribution in [0.25, 0.3) is 11.3 Å². The summed E-state index contributed by atoms with van der Waals surface area (Å²) in [5.41, 5.74) is 3.86. The molecule has 4 nitrogen and oxygen atoms in total. The number of hydrogen-bond donors (Lipinski definition) is 1. The van der Waals surface area contributed by atoms with Gasteiger partial charge in [-0.1, -0.05) is 61.2 Å². The van der Waals surface area contributed by atoms with Gasteiger partial charge in [-0.2, -0.15) is 0 Å². The van der Waals surface area contributed by atoms with Gasteiger partial charge in [-0.15, -0.1) is 0 Å². The Balaban J connectivity index is 1.78. The highest BCUT2D eigenvalue weighted by Gasteiger charge is 2.19. The van der Waals surface area contributed by atoms with Gasteiger partial charge < -0.3 is 5.32 Å². The van der Waals surface area contributed by atoms with Crippen molar-refractivity contribution in [1.82, 2.24) is 9.97 Å². The summed E-state index contributed by atoms with van der Waals surface area (Å²) in [4.78, 5) is 21.8. The number of aryl methyl sites for hydroxylation is 2. The van der Waals surface area contributed by atoms with Crippen LogP contribution >= 0.6 is 11.8 Å². The van der Waals surface area contributed by atoms with Gasteiger partial charge in [0.1, 0.15) is 10.9 Å². The maximum atomic E-state index is 12.7. The van der Waals surface area contributed by atoms with Crippen molar-refractivity contribution in [2.75, 3.05) is 5.32 Å². The molecule has 0 aliphatic carbocycles. The predicted octanol–water partition coefficient (Wildman–Crippen LogP) is 5.27. The zero-order valence-corrected chi connectivity index (χ0v) is 16.6. The van der Waals surface area contributed by atoms with Crippen LogP contribution in [-0.4, -0.2) is 21.1 Å². The van der Waals surface area contributed by atoms with E-state index in [9.17, 15) is 4.79 Å². The molecule has 0 aliphatic heterocycles.